The molecule has 0 aliphatic carbocycles. The molecule has 0 radical (unpaired) electrons. The fourth-order valence-corrected chi connectivity index (χ4v) is 3.24. The molecular formula is C20H13ClFNO3. The molecular weight excluding hydrogens is 357 g/mol. The van der Waals surface area contributed by atoms with Crippen LogP contribution in [-0.4, -0.2) is 16.1 Å². The highest BCUT2D eigenvalue weighted by molar-refractivity contribution is 6.38. The Morgan fingerprint density at radius 1 is 1.12 bits per heavy atom. The molecule has 2 aromatic heterocycles. The number of rotatable bonds is 3. The fourth-order valence-electron chi connectivity index (χ4n) is 2.96. The van der Waals surface area contributed by atoms with Crippen molar-refractivity contribution in [1.29, 1.82) is 0 Å². The highest BCUT2D eigenvalue weighted by Gasteiger charge is 2.18. The van der Waals surface area contributed by atoms with Crippen molar-refractivity contribution in [3.8, 4) is 22.7 Å². The topological polar surface area (TPSA) is 66.2 Å². The van der Waals surface area contributed by atoms with E-state index in [9.17, 15) is 9.18 Å². The average Bonchev–Trinajstić information content (AvgIpc) is 3.21. The van der Waals surface area contributed by atoms with Gasteiger partial charge in [0.1, 0.15) is 11.4 Å². The SMILES string of the molecule is Cc1cc(F)cc2c(Cl)c(-c3ccc(-c4ccc(C(=O)O)cc4)[nH]3)oc12. The summed E-state index contributed by atoms with van der Waals surface area (Å²) in [6.07, 6.45) is 0. The summed E-state index contributed by atoms with van der Waals surface area (Å²) < 4.78 is 19.5. The number of aryl methyl sites for hydroxylation is 1. The van der Waals surface area contributed by atoms with Crippen LogP contribution in [0.4, 0.5) is 4.39 Å². The van der Waals surface area contributed by atoms with Crippen LogP contribution in [0.1, 0.15) is 15.9 Å². The number of fused-ring (bicyclic) bond motifs is 1. The summed E-state index contributed by atoms with van der Waals surface area (Å²) in [5.74, 6) is -0.904. The summed E-state index contributed by atoms with van der Waals surface area (Å²) in [5.41, 5.74) is 3.71. The van der Waals surface area contributed by atoms with Crippen LogP contribution < -0.4 is 0 Å². The van der Waals surface area contributed by atoms with Gasteiger partial charge in [0.15, 0.2) is 5.76 Å². The number of aromatic nitrogens is 1. The Kier molecular flexibility index (Phi) is 3.81. The number of H-pyrrole nitrogens is 1. The molecule has 0 bridgehead atoms. The Balaban J connectivity index is 1.76. The zero-order valence-corrected chi connectivity index (χ0v) is 14.4. The molecule has 4 nitrogen and oxygen atoms in total. The van der Waals surface area contributed by atoms with Crippen molar-refractivity contribution in [3.05, 3.63) is 70.5 Å². The molecule has 0 fully saturated rings. The molecule has 4 aromatic rings. The van der Waals surface area contributed by atoms with Gasteiger partial charge in [0, 0.05) is 11.1 Å². The first-order valence-electron chi connectivity index (χ1n) is 7.85. The van der Waals surface area contributed by atoms with Gasteiger partial charge in [0.05, 0.1) is 16.3 Å². The number of benzene rings is 2. The van der Waals surface area contributed by atoms with Gasteiger partial charge in [-0.1, -0.05) is 23.7 Å². The lowest BCUT2D eigenvalue weighted by Crippen LogP contribution is -1.94. The van der Waals surface area contributed by atoms with Gasteiger partial charge in [-0.25, -0.2) is 9.18 Å². The molecule has 6 heteroatoms. The maximum Gasteiger partial charge on any atom is 0.335 e. The predicted octanol–water partition coefficient (Wildman–Crippen LogP) is 5.89. The largest absolute Gasteiger partial charge is 0.478 e. The summed E-state index contributed by atoms with van der Waals surface area (Å²) in [6.45, 7) is 1.76. The van der Waals surface area contributed by atoms with Crippen molar-refractivity contribution in [2.24, 2.45) is 0 Å². The lowest BCUT2D eigenvalue weighted by atomic mass is 10.1. The summed E-state index contributed by atoms with van der Waals surface area (Å²) in [5, 5.41) is 9.85. The lowest BCUT2D eigenvalue weighted by Gasteiger charge is -2.00. The van der Waals surface area contributed by atoms with Gasteiger partial charge in [-0.05, 0) is 54.4 Å². The van der Waals surface area contributed by atoms with Gasteiger partial charge in [-0.3, -0.25) is 0 Å². The van der Waals surface area contributed by atoms with Crippen molar-refractivity contribution < 1.29 is 18.7 Å². The van der Waals surface area contributed by atoms with E-state index >= 15 is 0 Å². The van der Waals surface area contributed by atoms with Crippen LogP contribution in [0.3, 0.4) is 0 Å². The normalized spacial score (nSPS) is 11.2. The maximum atomic E-state index is 13.7. The number of halogens is 2. The Hall–Kier alpha value is -3.05. The number of aromatic amines is 1. The third-order valence-electron chi connectivity index (χ3n) is 4.25. The van der Waals surface area contributed by atoms with Crippen molar-refractivity contribution in [1.82, 2.24) is 4.98 Å². The first kappa shape index (κ1) is 16.4. The molecule has 0 amide bonds. The number of carboxylic acid groups (broad SMARTS) is 1. The van der Waals surface area contributed by atoms with Gasteiger partial charge >= 0.3 is 5.97 Å². The second-order valence-corrected chi connectivity index (χ2v) is 6.39. The summed E-state index contributed by atoms with van der Waals surface area (Å²) in [4.78, 5) is 14.2. The number of nitrogens with one attached hydrogen (secondary N) is 1. The molecule has 2 aromatic carbocycles. The number of carboxylic acids is 1. The third kappa shape index (κ3) is 2.66. The van der Waals surface area contributed by atoms with Crippen molar-refractivity contribution in [2.75, 3.05) is 0 Å². The zero-order chi connectivity index (χ0) is 18.4. The third-order valence-corrected chi connectivity index (χ3v) is 4.63. The second-order valence-electron chi connectivity index (χ2n) is 6.01. The molecule has 0 saturated carbocycles. The van der Waals surface area contributed by atoms with Gasteiger partial charge in [-0.15, -0.1) is 0 Å². The predicted molar refractivity (Wildman–Crippen MR) is 98.1 cm³/mol. The lowest BCUT2D eigenvalue weighted by molar-refractivity contribution is 0.0697. The van der Waals surface area contributed by atoms with E-state index < -0.39 is 5.97 Å². The molecule has 0 unspecified atom stereocenters. The Labute approximate surface area is 152 Å². The van der Waals surface area contributed by atoms with E-state index in [4.69, 9.17) is 21.1 Å². The van der Waals surface area contributed by atoms with E-state index in [-0.39, 0.29) is 11.4 Å². The molecule has 0 saturated heterocycles. The minimum Gasteiger partial charge on any atom is -0.478 e. The van der Waals surface area contributed by atoms with E-state index in [2.05, 4.69) is 4.98 Å². The smallest absolute Gasteiger partial charge is 0.335 e. The summed E-state index contributed by atoms with van der Waals surface area (Å²) >= 11 is 6.40. The van der Waals surface area contributed by atoms with Crippen molar-refractivity contribution >= 4 is 28.5 Å². The van der Waals surface area contributed by atoms with E-state index in [1.807, 2.05) is 12.1 Å². The van der Waals surface area contributed by atoms with Crippen LogP contribution >= 0.6 is 11.6 Å². The van der Waals surface area contributed by atoms with E-state index in [1.54, 1.807) is 31.2 Å². The highest BCUT2D eigenvalue weighted by atomic mass is 35.5. The van der Waals surface area contributed by atoms with Gasteiger partial charge < -0.3 is 14.5 Å². The quantitative estimate of drug-likeness (QED) is 0.473. The number of aromatic carboxylic acids is 1. The number of carbonyl (C=O) groups is 1. The van der Waals surface area contributed by atoms with Crippen LogP contribution in [0.5, 0.6) is 0 Å². The molecule has 0 spiro atoms. The Morgan fingerprint density at radius 3 is 2.50 bits per heavy atom. The van der Waals surface area contributed by atoms with Crippen molar-refractivity contribution in [2.45, 2.75) is 6.92 Å². The van der Waals surface area contributed by atoms with Crippen molar-refractivity contribution in [3.63, 3.8) is 0 Å². The standard InChI is InChI=1S/C20H13ClFNO3/c1-10-8-13(22)9-14-17(21)19(26-18(10)14)16-7-6-15(23-16)11-2-4-12(5-3-11)20(24)25/h2-9,23H,1H3,(H,24,25). The minimum absolute atomic E-state index is 0.221. The summed E-state index contributed by atoms with van der Waals surface area (Å²) in [6, 6.07) is 12.9. The molecule has 130 valence electrons. The maximum absolute atomic E-state index is 13.7. The highest BCUT2D eigenvalue weighted by Crippen LogP contribution is 2.39. The van der Waals surface area contributed by atoms with Gasteiger partial charge in [0.25, 0.3) is 0 Å². The first-order valence-corrected chi connectivity index (χ1v) is 8.23. The number of furan rings is 1. The van der Waals surface area contributed by atoms with Crippen LogP contribution in [0.25, 0.3) is 33.7 Å². The number of hydrogen-bond acceptors (Lipinski definition) is 2. The average molecular weight is 370 g/mol. The second kappa shape index (κ2) is 6.04. The zero-order valence-electron chi connectivity index (χ0n) is 13.6. The molecule has 2 heterocycles. The van der Waals surface area contributed by atoms with Crippen LogP contribution in [0, 0.1) is 12.7 Å². The number of hydrogen-bond donors (Lipinski definition) is 2. The molecule has 0 aliphatic rings. The molecule has 0 atom stereocenters. The van der Waals surface area contributed by atoms with E-state index in [0.29, 0.717) is 33.0 Å². The minimum atomic E-state index is -0.972. The molecule has 26 heavy (non-hydrogen) atoms. The molecule has 4 rings (SSSR count). The first-order chi connectivity index (χ1) is 12.4. The monoisotopic (exact) mass is 369 g/mol. The Bertz CT molecular complexity index is 1140. The van der Waals surface area contributed by atoms with E-state index in [1.165, 1.54) is 12.1 Å². The van der Waals surface area contributed by atoms with Crippen LogP contribution in [-0.2, 0) is 0 Å². The fraction of sp³-hybridized carbons (Fsp3) is 0.0500. The van der Waals surface area contributed by atoms with E-state index in [0.717, 1.165) is 11.3 Å². The van der Waals surface area contributed by atoms with Crippen LogP contribution in [0.15, 0.2) is 52.9 Å². The summed E-state index contributed by atoms with van der Waals surface area (Å²) in [7, 11) is 0. The van der Waals surface area contributed by atoms with Gasteiger partial charge in [-0.2, -0.15) is 0 Å². The van der Waals surface area contributed by atoms with Gasteiger partial charge in [0.2, 0.25) is 0 Å². The molecule has 2 N–H and O–H groups in total. The van der Waals surface area contributed by atoms with Crippen LogP contribution in [0.2, 0.25) is 5.02 Å². The Morgan fingerprint density at radius 2 is 1.81 bits per heavy atom. The molecule has 0 aliphatic heterocycles.